The molecule has 124 valence electrons. The lowest BCUT2D eigenvalue weighted by Crippen LogP contribution is -2.06. The van der Waals surface area contributed by atoms with Gasteiger partial charge in [0.15, 0.2) is 21.7 Å². The van der Waals surface area contributed by atoms with Crippen LogP contribution in [0.4, 0.5) is 5.82 Å². The predicted molar refractivity (Wildman–Crippen MR) is 90.4 cm³/mol. The van der Waals surface area contributed by atoms with Crippen molar-refractivity contribution in [1.82, 2.24) is 19.5 Å². The highest BCUT2D eigenvalue weighted by atomic mass is 79.9. The van der Waals surface area contributed by atoms with Crippen LogP contribution in [0.3, 0.4) is 0 Å². The molecule has 8 nitrogen and oxygen atoms in total. The molecule has 3 aromatic rings. The van der Waals surface area contributed by atoms with Crippen molar-refractivity contribution >= 4 is 38.9 Å². The van der Waals surface area contributed by atoms with Gasteiger partial charge < -0.3 is 15.6 Å². The number of nitrogen functional groups attached to an aromatic ring is 1. The van der Waals surface area contributed by atoms with E-state index in [2.05, 4.69) is 35.6 Å². The number of aromatic hydroxyl groups is 1. The van der Waals surface area contributed by atoms with Gasteiger partial charge in [0.1, 0.15) is 0 Å². The Hall–Kier alpha value is -2.68. The molecule has 0 aliphatic heterocycles. The summed E-state index contributed by atoms with van der Waals surface area (Å²) in [5.74, 6) is -0.191. The largest absolute Gasteiger partial charge is 0.479 e. The van der Waals surface area contributed by atoms with Crippen LogP contribution >= 0.6 is 15.9 Å². The normalized spacial score (nSPS) is 10.9. The fourth-order valence-electron chi connectivity index (χ4n) is 2.38. The molecule has 0 unspecified atom stereocenters. The molecule has 9 heteroatoms. The number of nitrogens with zero attached hydrogens (tertiary/aromatic N) is 4. The molecule has 1 aromatic carbocycles. The van der Waals surface area contributed by atoms with Crippen molar-refractivity contribution in [2.45, 2.75) is 13.0 Å². The lowest BCUT2D eigenvalue weighted by atomic mass is 10.1. The van der Waals surface area contributed by atoms with E-state index in [1.54, 1.807) is 4.57 Å². The molecule has 3 N–H and O–H groups in total. The summed E-state index contributed by atoms with van der Waals surface area (Å²) in [5, 5.41) is 9.57. The number of benzene rings is 1. The lowest BCUT2D eigenvalue weighted by molar-refractivity contribution is -0.139. The number of ether oxygens (including phenoxy) is 1. The van der Waals surface area contributed by atoms with E-state index < -0.39 is 6.01 Å². The minimum Gasteiger partial charge on any atom is -0.479 e. The van der Waals surface area contributed by atoms with Gasteiger partial charge in [0.05, 0.1) is 20.1 Å². The van der Waals surface area contributed by atoms with Crippen LogP contribution in [-0.4, -0.2) is 37.7 Å². The van der Waals surface area contributed by atoms with Gasteiger partial charge in [-0.1, -0.05) is 24.3 Å². The second-order valence-electron chi connectivity index (χ2n) is 5.12. The number of hydrogen-bond acceptors (Lipinski definition) is 7. The minimum atomic E-state index is -0.409. The summed E-state index contributed by atoms with van der Waals surface area (Å²) < 4.78 is 6.95. The molecular formula is C15H14BrN5O3. The molecule has 0 radical (unpaired) electrons. The number of methoxy groups -OCH3 is 1. The van der Waals surface area contributed by atoms with Gasteiger partial charge in [0.25, 0.3) is 0 Å². The van der Waals surface area contributed by atoms with E-state index in [0.717, 1.165) is 11.1 Å². The molecule has 0 aliphatic rings. The average Bonchev–Trinajstić information content (AvgIpc) is 2.84. The van der Waals surface area contributed by atoms with Crippen LogP contribution in [0.25, 0.3) is 11.2 Å². The van der Waals surface area contributed by atoms with E-state index in [-0.39, 0.29) is 18.2 Å². The van der Waals surface area contributed by atoms with E-state index >= 15 is 0 Å². The Bertz CT molecular complexity index is 925. The molecule has 2 aromatic heterocycles. The summed E-state index contributed by atoms with van der Waals surface area (Å²) in [4.78, 5) is 23.4. The molecule has 3 rings (SSSR count). The zero-order valence-corrected chi connectivity index (χ0v) is 14.3. The van der Waals surface area contributed by atoms with Crippen molar-refractivity contribution < 1.29 is 14.6 Å². The SMILES string of the molecule is COC(=O)Cc1cccc(Cn2c(Br)nc3c(N)nc(O)nc32)c1. The summed E-state index contributed by atoms with van der Waals surface area (Å²) in [7, 11) is 1.36. The minimum absolute atomic E-state index is 0.108. The molecule has 24 heavy (non-hydrogen) atoms. The van der Waals surface area contributed by atoms with Crippen LogP contribution < -0.4 is 5.73 Å². The third kappa shape index (κ3) is 3.16. The van der Waals surface area contributed by atoms with Crippen molar-refractivity contribution in [1.29, 1.82) is 0 Å². The van der Waals surface area contributed by atoms with Gasteiger partial charge in [-0.15, -0.1) is 0 Å². The quantitative estimate of drug-likeness (QED) is 0.512. The summed E-state index contributed by atoms with van der Waals surface area (Å²) in [6, 6.07) is 7.13. The van der Waals surface area contributed by atoms with E-state index in [0.29, 0.717) is 22.4 Å². The van der Waals surface area contributed by atoms with E-state index in [1.165, 1.54) is 7.11 Å². The van der Waals surface area contributed by atoms with Crippen molar-refractivity contribution in [3.05, 3.63) is 40.1 Å². The van der Waals surface area contributed by atoms with Crippen LogP contribution in [-0.2, 0) is 22.5 Å². The molecule has 0 amide bonds. The molecule has 0 saturated heterocycles. The second-order valence-corrected chi connectivity index (χ2v) is 5.83. The first-order valence-corrected chi connectivity index (χ1v) is 7.80. The Labute approximate surface area is 145 Å². The van der Waals surface area contributed by atoms with Gasteiger partial charge in [-0.05, 0) is 27.1 Å². The van der Waals surface area contributed by atoms with Gasteiger partial charge in [-0.2, -0.15) is 9.97 Å². The maximum absolute atomic E-state index is 11.4. The lowest BCUT2D eigenvalue weighted by Gasteiger charge is -2.08. The number of nitrogens with two attached hydrogens (primary N) is 1. The van der Waals surface area contributed by atoms with Crippen LogP contribution in [0.1, 0.15) is 11.1 Å². The van der Waals surface area contributed by atoms with Gasteiger partial charge in [0, 0.05) is 0 Å². The summed E-state index contributed by atoms with van der Waals surface area (Å²) in [5.41, 5.74) is 8.38. The molecule has 0 aliphatic carbocycles. The number of carbonyl (C=O) groups excluding carboxylic acids is 1. The third-order valence-corrected chi connectivity index (χ3v) is 4.08. The fourth-order valence-corrected chi connectivity index (χ4v) is 2.85. The highest BCUT2D eigenvalue weighted by Gasteiger charge is 2.15. The Morgan fingerprint density at radius 1 is 1.33 bits per heavy atom. The van der Waals surface area contributed by atoms with Gasteiger partial charge in [-0.25, -0.2) is 4.98 Å². The number of fused-ring (bicyclic) bond motifs is 1. The number of esters is 1. The summed E-state index contributed by atoms with van der Waals surface area (Å²) >= 11 is 3.37. The van der Waals surface area contributed by atoms with E-state index in [1.807, 2.05) is 24.3 Å². The highest BCUT2D eigenvalue weighted by molar-refractivity contribution is 9.10. The number of carbonyl (C=O) groups is 1. The van der Waals surface area contributed by atoms with Crippen molar-refractivity contribution in [3.8, 4) is 6.01 Å². The molecule has 2 heterocycles. The predicted octanol–water partition coefficient (Wildman–Crippen LogP) is 1.64. The number of halogens is 1. The third-order valence-electron chi connectivity index (χ3n) is 3.47. The number of anilines is 1. The standard InChI is InChI=1S/C15H14BrN5O3/c1-24-10(22)6-8-3-2-4-9(5-8)7-21-13-11(18-14(21)16)12(17)19-15(23)20-13/h2-5H,6-7H2,1H3,(H3,17,19,20,23). The number of hydrogen-bond donors (Lipinski definition) is 2. The van der Waals surface area contributed by atoms with Gasteiger partial charge >= 0.3 is 12.0 Å². The van der Waals surface area contributed by atoms with Crippen LogP contribution in [0.2, 0.25) is 0 Å². The highest BCUT2D eigenvalue weighted by Crippen LogP contribution is 2.25. The smallest absolute Gasteiger partial charge is 0.317 e. The number of rotatable bonds is 4. The zero-order valence-electron chi connectivity index (χ0n) is 12.7. The molecule has 0 saturated carbocycles. The summed E-state index contributed by atoms with van der Waals surface area (Å²) in [6.07, 6.45) is 0.200. The first-order chi connectivity index (χ1) is 11.5. The molecule has 0 spiro atoms. The topological polar surface area (TPSA) is 116 Å². The first kappa shape index (κ1) is 16.2. The Morgan fingerprint density at radius 3 is 2.83 bits per heavy atom. The van der Waals surface area contributed by atoms with Gasteiger partial charge in [0.2, 0.25) is 0 Å². The Morgan fingerprint density at radius 2 is 2.08 bits per heavy atom. The fraction of sp³-hybridized carbons (Fsp3) is 0.200. The molecular weight excluding hydrogens is 378 g/mol. The Balaban J connectivity index is 1.97. The summed E-state index contributed by atoms with van der Waals surface area (Å²) in [6.45, 7) is 0.433. The van der Waals surface area contributed by atoms with E-state index in [9.17, 15) is 9.90 Å². The van der Waals surface area contributed by atoms with Crippen molar-refractivity contribution in [2.24, 2.45) is 0 Å². The van der Waals surface area contributed by atoms with Gasteiger partial charge in [-0.3, -0.25) is 9.36 Å². The first-order valence-electron chi connectivity index (χ1n) is 7.00. The van der Waals surface area contributed by atoms with Crippen LogP contribution in [0.5, 0.6) is 6.01 Å². The second kappa shape index (κ2) is 6.44. The molecule has 0 atom stereocenters. The Kier molecular flexibility index (Phi) is 4.34. The molecule has 0 bridgehead atoms. The van der Waals surface area contributed by atoms with Crippen molar-refractivity contribution in [2.75, 3.05) is 12.8 Å². The maximum atomic E-state index is 11.4. The van der Waals surface area contributed by atoms with Crippen LogP contribution in [0, 0.1) is 0 Å². The maximum Gasteiger partial charge on any atom is 0.317 e. The van der Waals surface area contributed by atoms with E-state index in [4.69, 9.17) is 5.73 Å². The molecule has 0 fully saturated rings. The average molecular weight is 392 g/mol. The van der Waals surface area contributed by atoms with Crippen molar-refractivity contribution in [3.63, 3.8) is 0 Å². The zero-order chi connectivity index (χ0) is 17.3. The number of imidazole rings is 1. The monoisotopic (exact) mass is 391 g/mol. The van der Waals surface area contributed by atoms with Crippen LogP contribution in [0.15, 0.2) is 29.0 Å². The number of aromatic nitrogens is 4.